The van der Waals surface area contributed by atoms with Crippen LogP contribution in [0.25, 0.3) is 0 Å². The highest BCUT2D eigenvalue weighted by molar-refractivity contribution is 5.41. The monoisotopic (exact) mass is 207 g/mol. The predicted octanol–water partition coefficient (Wildman–Crippen LogP) is 2.02. The summed E-state index contributed by atoms with van der Waals surface area (Å²) in [6.07, 6.45) is 1.82. The number of nitrogens with two attached hydrogens (primary N) is 1. The zero-order chi connectivity index (χ0) is 11.4. The topological polar surface area (TPSA) is 42.1 Å². The Morgan fingerprint density at radius 1 is 1.40 bits per heavy atom. The number of pyridine rings is 1. The Labute approximate surface area is 92.3 Å². The second kappa shape index (κ2) is 5.12. The normalized spacial score (nSPS) is 12.9. The van der Waals surface area contributed by atoms with Crippen molar-refractivity contribution in [1.82, 2.24) is 4.98 Å². The minimum atomic E-state index is 0.477. The van der Waals surface area contributed by atoms with Crippen LogP contribution >= 0.6 is 0 Å². The van der Waals surface area contributed by atoms with Crippen LogP contribution in [-0.4, -0.2) is 18.1 Å². The van der Waals surface area contributed by atoms with Crippen molar-refractivity contribution in [2.24, 2.45) is 11.7 Å². The van der Waals surface area contributed by atoms with E-state index in [1.54, 1.807) is 0 Å². The Bertz CT molecular complexity index is 309. The van der Waals surface area contributed by atoms with Crippen molar-refractivity contribution in [2.45, 2.75) is 33.4 Å². The molecule has 15 heavy (non-hydrogen) atoms. The zero-order valence-corrected chi connectivity index (χ0v) is 10.1. The highest BCUT2D eigenvalue weighted by Gasteiger charge is 2.14. The molecule has 84 valence electrons. The fourth-order valence-electron chi connectivity index (χ4n) is 1.44. The molecule has 0 aromatic carbocycles. The van der Waals surface area contributed by atoms with Crippen LogP contribution in [0.3, 0.4) is 0 Å². The maximum absolute atomic E-state index is 5.61. The third-order valence-corrected chi connectivity index (χ3v) is 2.98. The first-order valence-corrected chi connectivity index (χ1v) is 5.44. The zero-order valence-electron chi connectivity index (χ0n) is 10.1. The first kappa shape index (κ1) is 12.0. The lowest BCUT2D eigenvalue weighted by Gasteiger charge is -2.29. The molecule has 3 heteroatoms. The van der Waals surface area contributed by atoms with E-state index in [9.17, 15) is 0 Å². The van der Waals surface area contributed by atoms with E-state index in [4.69, 9.17) is 5.73 Å². The van der Waals surface area contributed by atoms with Gasteiger partial charge in [0.2, 0.25) is 0 Å². The van der Waals surface area contributed by atoms with Gasteiger partial charge in [0.25, 0.3) is 0 Å². The third-order valence-electron chi connectivity index (χ3n) is 2.98. The van der Waals surface area contributed by atoms with Crippen molar-refractivity contribution >= 4 is 5.82 Å². The molecule has 0 saturated carbocycles. The number of rotatable bonds is 4. The molecule has 0 aliphatic heterocycles. The molecule has 0 radical (unpaired) electrons. The van der Waals surface area contributed by atoms with E-state index in [-0.39, 0.29) is 0 Å². The SMILES string of the molecule is CC(C)C(C)N(C)c1cc(CN)ccn1. The van der Waals surface area contributed by atoms with Crippen LogP contribution in [0.2, 0.25) is 0 Å². The van der Waals surface area contributed by atoms with E-state index in [2.05, 4.69) is 43.8 Å². The number of aromatic nitrogens is 1. The smallest absolute Gasteiger partial charge is 0.128 e. The molecule has 0 amide bonds. The van der Waals surface area contributed by atoms with Crippen molar-refractivity contribution in [3.05, 3.63) is 23.9 Å². The molecule has 0 aliphatic rings. The van der Waals surface area contributed by atoms with Gasteiger partial charge in [0, 0.05) is 25.8 Å². The van der Waals surface area contributed by atoms with Crippen molar-refractivity contribution < 1.29 is 0 Å². The molecular formula is C12H21N3. The van der Waals surface area contributed by atoms with Crippen molar-refractivity contribution in [3.63, 3.8) is 0 Å². The number of hydrogen-bond donors (Lipinski definition) is 1. The molecule has 1 aromatic rings. The van der Waals surface area contributed by atoms with E-state index in [1.165, 1.54) is 0 Å². The van der Waals surface area contributed by atoms with Crippen LogP contribution < -0.4 is 10.6 Å². The maximum atomic E-state index is 5.61. The Balaban J connectivity index is 2.85. The summed E-state index contributed by atoms with van der Waals surface area (Å²) in [7, 11) is 2.08. The van der Waals surface area contributed by atoms with E-state index >= 15 is 0 Å². The second-order valence-electron chi connectivity index (χ2n) is 4.32. The minimum absolute atomic E-state index is 0.477. The molecular weight excluding hydrogens is 186 g/mol. The summed E-state index contributed by atoms with van der Waals surface area (Å²) in [6, 6.07) is 4.49. The highest BCUT2D eigenvalue weighted by Crippen LogP contribution is 2.17. The van der Waals surface area contributed by atoms with Crippen LogP contribution in [0.5, 0.6) is 0 Å². The van der Waals surface area contributed by atoms with Crippen molar-refractivity contribution in [2.75, 3.05) is 11.9 Å². The van der Waals surface area contributed by atoms with Gasteiger partial charge in [-0.3, -0.25) is 0 Å². The minimum Gasteiger partial charge on any atom is -0.357 e. The Kier molecular flexibility index (Phi) is 4.09. The lowest BCUT2D eigenvalue weighted by Crippen LogP contribution is -2.33. The summed E-state index contributed by atoms with van der Waals surface area (Å²) in [6.45, 7) is 7.21. The molecule has 0 fully saturated rings. The molecule has 1 rings (SSSR count). The number of hydrogen-bond acceptors (Lipinski definition) is 3. The van der Waals surface area contributed by atoms with Gasteiger partial charge >= 0.3 is 0 Å². The van der Waals surface area contributed by atoms with Crippen LogP contribution in [0.1, 0.15) is 26.3 Å². The van der Waals surface area contributed by atoms with Crippen molar-refractivity contribution in [3.8, 4) is 0 Å². The maximum Gasteiger partial charge on any atom is 0.128 e. The van der Waals surface area contributed by atoms with Gasteiger partial charge in [-0.05, 0) is 30.5 Å². The molecule has 3 nitrogen and oxygen atoms in total. The Hall–Kier alpha value is -1.09. The third kappa shape index (κ3) is 2.93. The summed E-state index contributed by atoms with van der Waals surface area (Å²) in [4.78, 5) is 6.56. The average molecular weight is 207 g/mol. The molecule has 0 spiro atoms. The molecule has 0 aliphatic carbocycles. The van der Waals surface area contributed by atoms with E-state index < -0.39 is 0 Å². The lowest BCUT2D eigenvalue weighted by molar-refractivity contribution is 0.502. The summed E-state index contributed by atoms with van der Waals surface area (Å²) in [5.74, 6) is 1.61. The standard InChI is InChI=1S/C12H21N3/c1-9(2)10(3)15(4)12-7-11(8-13)5-6-14-12/h5-7,9-10H,8,13H2,1-4H3. The Morgan fingerprint density at radius 3 is 2.60 bits per heavy atom. The fraction of sp³-hybridized carbons (Fsp3) is 0.583. The van der Waals surface area contributed by atoms with Gasteiger partial charge in [-0.15, -0.1) is 0 Å². The average Bonchev–Trinajstić information content (AvgIpc) is 2.27. The fourth-order valence-corrected chi connectivity index (χ4v) is 1.44. The van der Waals surface area contributed by atoms with E-state index in [0.717, 1.165) is 11.4 Å². The summed E-state index contributed by atoms with van der Waals surface area (Å²) >= 11 is 0. The van der Waals surface area contributed by atoms with Gasteiger partial charge in [-0.1, -0.05) is 13.8 Å². The van der Waals surface area contributed by atoms with Crippen LogP contribution in [0.4, 0.5) is 5.82 Å². The molecule has 1 atom stereocenters. The van der Waals surface area contributed by atoms with Crippen LogP contribution in [-0.2, 0) is 6.54 Å². The van der Waals surface area contributed by atoms with E-state index in [0.29, 0.717) is 18.5 Å². The largest absolute Gasteiger partial charge is 0.357 e. The first-order valence-electron chi connectivity index (χ1n) is 5.44. The summed E-state index contributed by atoms with van der Waals surface area (Å²) in [5, 5.41) is 0. The van der Waals surface area contributed by atoms with Gasteiger partial charge in [-0.25, -0.2) is 4.98 Å². The molecule has 0 saturated heterocycles. The molecule has 2 N–H and O–H groups in total. The molecule has 0 bridgehead atoms. The summed E-state index contributed by atoms with van der Waals surface area (Å²) < 4.78 is 0. The van der Waals surface area contributed by atoms with Crippen molar-refractivity contribution in [1.29, 1.82) is 0 Å². The van der Waals surface area contributed by atoms with Gasteiger partial charge in [0.15, 0.2) is 0 Å². The molecule has 1 heterocycles. The molecule has 1 aromatic heterocycles. The van der Waals surface area contributed by atoms with Gasteiger partial charge in [-0.2, -0.15) is 0 Å². The second-order valence-corrected chi connectivity index (χ2v) is 4.32. The number of anilines is 1. The van der Waals surface area contributed by atoms with Gasteiger partial charge < -0.3 is 10.6 Å². The lowest BCUT2D eigenvalue weighted by atomic mass is 10.1. The van der Waals surface area contributed by atoms with Crippen LogP contribution in [0, 0.1) is 5.92 Å². The quantitative estimate of drug-likeness (QED) is 0.821. The first-order chi connectivity index (χ1) is 7.06. The molecule has 1 unspecified atom stereocenters. The van der Waals surface area contributed by atoms with E-state index in [1.807, 2.05) is 12.3 Å². The Morgan fingerprint density at radius 2 is 2.07 bits per heavy atom. The van der Waals surface area contributed by atoms with Gasteiger partial charge in [0.05, 0.1) is 0 Å². The number of nitrogens with zero attached hydrogens (tertiary/aromatic N) is 2. The predicted molar refractivity (Wildman–Crippen MR) is 64.8 cm³/mol. The summed E-state index contributed by atoms with van der Waals surface area (Å²) in [5.41, 5.74) is 6.74. The van der Waals surface area contributed by atoms with Gasteiger partial charge in [0.1, 0.15) is 5.82 Å². The highest BCUT2D eigenvalue weighted by atomic mass is 15.2. The van der Waals surface area contributed by atoms with Crippen LogP contribution in [0.15, 0.2) is 18.3 Å².